The summed E-state index contributed by atoms with van der Waals surface area (Å²) in [5.74, 6) is -0.103. The van der Waals surface area contributed by atoms with E-state index in [2.05, 4.69) is 9.71 Å². The molecule has 1 atom stereocenters. The van der Waals surface area contributed by atoms with E-state index in [9.17, 15) is 9.00 Å². The van der Waals surface area contributed by atoms with Gasteiger partial charge in [-0.25, -0.2) is 4.21 Å². The van der Waals surface area contributed by atoms with Crippen LogP contribution in [-0.4, -0.2) is 15.7 Å². The second-order valence-corrected chi connectivity index (χ2v) is 5.90. The fourth-order valence-electron chi connectivity index (χ4n) is 2.53. The Balaban J connectivity index is 0.000000753. The summed E-state index contributed by atoms with van der Waals surface area (Å²) in [7, 11) is -1.41. The van der Waals surface area contributed by atoms with Crippen LogP contribution in [0.5, 0.6) is 0 Å². The van der Waals surface area contributed by atoms with Crippen LogP contribution in [0.4, 0.5) is 5.69 Å². The number of benzene rings is 2. The number of nitrogens with zero attached hydrogens (tertiary/aromatic N) is 1. The van der Waals surface area contributed by atoms with Crippen molar-refractivity contribution < 1.29 is 9.00 Å². The van der Waals surface area contributed by atoms with Crippen molar-refractivity contribution in [2.75, 3.05) is 5.32 Å². The molecular formula is C18H16N2O2S. The van der Waals surface area contributed by atoms with Crippen molar-refractivity contribution in [1.29, 1.82) is 0 Å². The minimum Gasteiger partial charge on any atom is -0.352 e. The highest BCUT2D eigenvalue weighted by Crippen LogP contribution is 2.32. The first-order valence-corrected chi connectivity index (χ1v) is 8.57. The largest absolute Gasteiger partial charge is 0.352 e. The second-order valence-electron chi connectivity index (χ2n) is 4.78. The second kappa shape index (κ2) is 6.30. The fourth-order valence-corrected chi connectivity index (χ4v) is 3.54. The maximum absolute atomic E-state index is 12.6. The van der Waals surface area contributed by atoms with Crippen LogP contribution in [0.25, 0.3) is 0 Å². The summed E-state index contributed by atoms with van der Waals surface area (Å²) in [6.07, 6.45) is 1.67. The molecule has 2 aliphatic rings. The zero-order valence-corrected chi connectivity index (χ0v) is 13.7. The maximum Gasteiger partial charge on any atom is 0.209 e. The highest BCUT2D eigenvalue weighted by Gasteiger charge is 2.32. The number of nitrogens with one attached hydrogen (secondary N) is 1. The third-order valence-electron chi connectivity index (χ3n) is 3.47. The number of hydrogen-bond donors (Lipinski definition) is 1. The Morgan fingerprint density at radius 2 is 1.74 bits per heavy atom. The van der Waals surface area contributed by atoms with E-state index < -0.39 is 11.0 Å². The molecule has 1 aliphatic carbocycles. The minimum atomic E-state index is -1.41. The lowest BCUT2D eigenvalue weighted by Gasteiger charge is -2.17. The van der Waals surface area contributed by atoms with Crippen molar-refractivity contribution in [3.8, 4) is 0 Å². The molecule has 4 nitrogen and oxygen atoms in total. The van der Waals surface area contributed by atoms with Crippen molar-refractivity contribution in [2.24, 2.45) is 4.40 Å². The average molecular weight is 324 g/mol. The molecule has 0 saturated heterocycles. The SMILES string of the molecule is CC.O=C1C(Nc2ccccc2)=CC2=NS(=O)c3cccc1c32. The quantitative estimate of drug-likeness (QED) is 0.915. The molecule has 1 unspecified atom stereocenters. The normalized spacial score (nSPS) is 17.5. The first-order chi connectivity index (χ1) is 11.2. The van der Waals surface area contributed by atoms with Gasteiger partial charge in [-0.1, -0.05) is 44.2 Å². The molecule has 1 N–H and O–H groups in total. The lowest BCUT2D eigenvalue weighted by molar-refractivity contribution is 0.103. The zero-order chi connectivity index (χ0) is 16.4. The number of para-hydroxylation sites is 1. The predicted octanol–water partition coefficient (Wildman–Crippen LogP) is 3.73. The van der Waals surface area contributed by atoms with Crippen molar-refractivity contribution >= 4 is 28.2 Å². The van der Waals surface area contributed by atoms with Crippen LogP contribution in [0, 0.1) is 0 Å². The number of anilines is 1. The van der Waals surface area contributed by atoms with E-state index in [1.807, 2.05) is 44.2 Å². The number of hydrogen-bond acceptors (Lipinski definition) is 3. The third kappa shape index (κ3) is 2.64. The van der Waals surface area contributed by atoms with Crippen LogP contribution in [0.3, 0.4) is 0 Å². The molecule has 116 valence electrons. The Morgan fingerprint density at radius 3 is 2.48 bits per heavy atom. The van der Waals surface area contributed by atoms with E-state index >= 15 is 0 Å². The number of allylic oxidation sites excluding steroid dienone is 2. The van der Waals surface area contributed by atoms with Gasteiger partial charge in [-0.05, 0) is 24.3 Å². The van der Waals surface area contributed by atoms with Crippen LogP contribution in [0.1, 0.15) is 29.8 Å². The summed E-state index contributed by atoms with van der Waals surface area (Å²) in [5, 5.41) is 3.11. The number of carbonyl (C=O) groups is 1. The Kier molecular flexibility index (Phi) is 4.21. The molecule has 0 spiro atoms. The Labute approximate surface area is 137 Å². The van der Waals surface area contributed by atoms with Gasteiger partial charge in [0.2, 0.25) is 5.78 Å². The maximum atomic E-state index is 12.6. The van der Waals surface area contributed by atoms with Gasteiger partial charge in [-0.15, -0.1) is 0 Å². The van der Waals surface area contributed by atoms with Gasteiger partial charge in [0, 0.05) is 16.8 Å². The standard InChI is InChI=1S/C16H10N2O2S.C2H6/c19-16-11-7-4-8-14-15(11)12(18-21(14)20)9-13(16)17-10-5-2-1-3-6-10;1-2/h1-9,17H;1-2H3. The van der Waals surface area contributed by atoms with Gasteiger partial charge < -0.3 is 5.32 Å². The molecule has 1 heterocycles. The van der Waals surface area contributed by atoms with Crippen LogP contribution < -0.4 is 5.32 Å². The van der Waals surface area contributed by atoms with Crippen LogP contribution >= 0.6 is 0 Å². The first kappa shape index (κ1) is 15.4. The Bertz CT molecular complexity index is 855. The van der Waals surface area contributed by atoms with Gasteiger partial charge in [0.05, 0.1) is 16.3 Å². The third-order valence-corrected chi connectivity index (χ3v) is 4.55. The van der Waals surface area contributed by atoms with Gasteiger partial charge in [0.1, 0.15) is 0 Å². The summed E-state index contributed by atoms with van der Waals surface area (Å²) in [6, 6.07) is 14.7. The molecule has 0 fully saturated rings. The molecule has 5 heteroatoms. The van der Waals surface area contributed by atoms with E-state index in [0.717, 1.165) is 5.69 Å². The summed E-state index contributed by atoms with van der Waals surface area (Å²) in [6.45, 7) is 4.00. The summed E-state index contributed by atoms with van der Waals surface area (Å²) >= 11 is 0. The van der Waals surface area contributed by atoms with E-state index in [1.54, 1.807) is 24.3 Å². The summed E-state index contributed by atoms with van der Waals surface area (Å²) < 4.78 is 16.1. The molecule has 4 rings (SSSR count). The van der Waals surface area contributed by atoms with E-state index in [0.29, 0.717) is 27.4 Å². The number of rotatable bonds is 2. The van der Waals surface area contributed by atoms with E-state index in [-0.39, 0.29) is 5.78 Å². The molecular weight excluding hydrogens is 308 g/mol. The Hall–Kier alpha value is -2.53. The van der Waals surface area contributed by atoms with E-state index in [1.165, 1.54) is 0 Å². The smallest absolute Gasteiger partial charge is 0.209 e. The molecule has 2 aromatic carbocycles. The molecule has 0 saturated carbocycles. The number of ketones is 1. The average Bonchev–Trinajstić information content (AvgIpc) is 2.92. The van der Waals surface area contributed by atoms with Crippen molar-refractivity contribution in [2.45, 2.75) is 18.7 Å². The van der Waals surface area contributed by atoms with Crippen LogP contribution in [0.2, 0.25) is 0 Å². The van der Waals surface area contributed by atoms with Crippen molar-refractivity contribution in [3.05, 3.63) is 71.4 Å². The van der Waals surface area contributed by atoms with Gasteiger partial charge in [-0.2, -0.15) is 4.40 Å². The monoisotopic (exact) mass is 324 g/mol. The van der Waals surface area contributed by atoms with Gasteiger partial charge >= 0.3 is 0 Å². The molecule has 0 aromatic heterocycles. The molecule has 0 bridgehead atoms. The topological polar surface area (TPSA) is 58.5 Å². The fraction of sp³-hybridized carbons (Fsp3) is 0.111. The predicted molar refractivity (Wildman–Crippen MR) is 93.2 cm³/mol. The molecule has 1 aliphatic heterocycles. The summed E-state index contributed by atoms with van der Waals surface area (Å²) in [5.41, 5.74) is 3.15. The first-order valence-electron chi connectivity index (χ1n) is 7.46. The molecule has 2 aromatic rings. The lowest BCUT2D eigenvalue weighted by atomic mass is 9.92. The minimum absolute atomic E-state index is 0.103. The van der Waals surface area contributed by atoms with Crippen molar-refractivity contribution in [3.63, 3.8) is 0 Å². The van der Waals surface area contributed by atoms with E-state index in [4.69, 9.17) is 0 Å². The molecule has 0 amide bonds. The number of Topliss-reactive ketones (excluding diaryl/α,β-unsaturated/α-hetero) is 1. The van der Waals surface area contributed by atoms with Crippen LogP contribution in [0.15, 0.2) is 69.6 Å². The molecule has 23 heavy (non-hydrogen) atoms. The Morgan fingerprint density at radius 1 is 1.00 bits per heavy atom. The zero-order valence-electron chi connectivity index (χ0n) is 12.9. The van der Waals surface area contributed by atoms with Crippen molar-refractivity contribution in [1.82, 2.24) is 0 Å². The molecule has 0 radical (unpaired) electrons. The van der Waals surface area contributed by atoms with Gasteiger partial charge in [-0.3, -0.25) is 4.79 Å². The van der Waals surface area contributed by atoms with Gasteiger partial charge in [0.25, 0.3) is 0 Å². The summed E-state index contributed by atoms with van der Waals surface area (Å²) in [4.78, 5) is 13.2. The number of carbonyl (C=O) groups excluding carboxylic acids is 1. The van der Waals surface area contributed by atoms with Crippen LogP contribution in [-0.2, 0) is 11.0 Å². The highest BCUT2D eigenvalue weighted by atomic mass is 32.2. The van der Waals surface area contributed by atoms with Gasteiger partial charge in [0.15, 0.2) is 11.0 Å². The highest BCUT2D eigenvalue weighted by molar-refractivity contribution is 7.84. The lowest BCUT2D eigenvalue weighted by Crippen LogP contribution is -2.21.